The first-order chi connectivity index (χ1) is 5.52. The molecule has 0 spiro atoms. The van der Waals surface area contributed by atoms with Crippen LogP contribution in [0.15, 0.2) is 0 Å². The number of methoxy groups -OCH3 is 2. The van der Waals surface area contributed by atoms with Crippen molar-refractivity contribution in [3.05, 3.63) is 0 Å². The molecule has 6 heteroatoms. The summed E-state index contributed by atoms with van der Waals surface area (Å²) in [5.41, 5.74) is 3.10. The van der Waals surface area contributed by atoms with Gasteiger partial charge in [0.15, 0.2) is 0 Å². The molecule has 0 heterocycles. The number of aliphatic hydroxyl groups is 1. The zero-order valence-corrected chi connectivity index (χ0v) is 6.86. The maximum atomic E-state index is 10.9. The normalized spacial score (nSPS) is 10.7. The van der Waals surface area contributed by atoms with E-state index in [4.69, 9.17) is 10.8 Å². The molecule has 0 radical (unpaired) electrons. The van der Waals surface area contributed by atoms with Crippen molar-refractivity contribution in [1.82, 2.24) is 0 Å². The third kappa shape index (κ3) is 1.72. The zero-order valence-electron chi connectivity index (χ0n) is 6.86. The molecule has 12 heavy (non-hydrogen) atoms. The number of aliphatic hydroxyl groups excluding tert-OH is 1. The van der Waals surface area contributed by atoms with Crippen molar-refractivity contribution < 1.29 is 24.2 Å². The quantitative estimate of drug-likeness (QED) is 0.383. The molecule has 0 aromatic rings. The SMILES string of the molecule is COC(=O)C(N)(CO)C(=O)OC. The summed E-state index contributed by atoms with van der Waals surface area (Å²) in [6.45, 7) is -0.855. The Morgan fingerprint density at radius 2 is 1.67 bits per heavy atom. The van der Waals surface area contributed by atoms with E-state index < -0.39 is 24.1 Å². The van der Waals surface area contributed by atoms with Crippen LogP contribution >= 0.6 is 0 Å². The molecule has 0 saturated carbocycles. The molecule has 3 N–H and O–H groups in total. The van der Waals surface area contributed by atoms with Crippen LogP contribution in [0.4, 0.5) is 0 Å². The second-order valence-corrected chi connectivity index (χ2v) is 2.11. The third-order valence-corrected chi connectivity index (χ3v) is 1.35. The van der Waals surface area contributed by atoms with Gasteiger partial charge in [0.1, 0.15) is 0 Å². The molecule has 0 unspecified atom stereocenters. The summed E-state index contributed by atoms with van der Waals surface area (Å²) in [6, 6.07) is 0. The van der Waals surface area contributed by atoms with Gasteiger partial charge < -0.3 is 20.3 Å². The molecule has 0 rings (SSSR count). The highest BCUT2D eigenvalue weighted by molar-refractivity contribution is 6.04. The van der Waals surface area contributed by atoms with E-state index in [1.165, 1.54) is 0 Å². The summed E-state index contributed by atoms with van der Waals surface area (Å²) in [5.74, 6) is -2.06. The molecule has 0 aliphatic rings. The van der Waals surface area contributed by atoms with Crippen molar-refractivity contribution in [1.29, 1.82) is 0 Å². The lowest BCUT2D eigenvalue weighted by Gasteiger charge is -2.20. The van der Waals surface area contributed by atoms with Crippen molar-refractivity contribution in [3.8, 4) is 0 Å². The average Bonchev–Trinajstić information content (AvgIpc) is 2.13. The predicted octanol–water partition coefficient (Wildman–Crippen LogP) is -1.98. The molecule has 0 atom stereocenters. The molecule has 0 aromatic heterocycles. The number of hydrogen-bond donors (Lipinski definition) is 2. The van der Waals surface area contributed by atoms with Gasteiger partial charge in [0.25, 0.3) is 0 Å². The van der Waals surface area contributed by atoms with Gasteiger partial charge >= 0.3 is 11.9 Å². The first kappa shape index (κ1) is 10.9. The summed E-state index contributed by atoms with van der Waals surface area (Å²) in [5, 5.41) is 8.66. The molecule has 0 aliphatic carbocycles. The first-order valence-corrected chi connectivity index (χ1v) is 3.09. The van der Waals surface area contributed by atoms with Gasteiger partial charge in [-0.3, -0.25) is 0 Å². The topological polar surface area (TPSA) is 98.9 Å². The van der Waals surface area contributed by atoms with Gasteiger partial charge in [-0.15, -0.1) is 0 Å². The van der Waals surface area contributed by atoms with Gasteiger partial charge in [-0.25, -0.2) is 9.59 Å². The monoisotopic (exact) mass is 177 g/mol. The Labute approximate surface area is 69.2 Å². The minimum atomic E-state index is -2.11. The van der Waals surface area contributed by atoms with E-state index in [-0.39, 0.29) is 0 Å². The molecule has 0 aromatic carbocycles. The summed E-state index contributed by atoms with van der Waals surface area (Å²) in [7, 11) is 2.12. The van der Waals surface area contributed by atoms with Crippen molar-refractivity contribution in [2.75, 3.05) is 20.8 Å². The van der Waals surface area contributed by atoms with E-state index in [9.17, 15) is 9.59 Å². The summed E-state index contributed by atoms with van der Waals surface area (Å²) in [6.07, 6.45) is 0. The highest BCUT2D eigenvalue weighted by atomic mass is 16.5. The Morgan fingerprint density at radius 1 is 1.33 bits per heavy atom. The fourth-order valence-electron chi connectivity index (χ4n) is 0.577. The Bertz CT molecular complexity index is 174. The Balaban J connectivity index is 4.66. The molecule has 70 valence electrons. The lowest BCUT2D eigenvalue weighted by molar-refractivity contribution is -0.163. The van der Waals surface area contributed by atoms with Crippen LogP contribution in [0.25, 0.3) is 0 Å². The van der Waals surface area contributed by atoms with Crippen LogP contribution in [0.2, 0.25) is 0 Å². The lowest BCUT2D eigenvalue weighted by Crippen LogP contribution is -2.59. The molecule has 0 fully saturated rings. The largest absolute Gasteiger partial charge is 0.467 e. The van der Waals surface area contributed by atoms with Crippen LogP contribution in [0.1, 0.15) is 0 Å². The molecular formula is C6H11NO5. The van der Waals surface area contributed by atoms with E-state index in [0.717, 1.165) is 14.2 Å². The van der Waals surface area contributed by atoms with Crippen LogP contribution in [0.5, 0.6) is 0 Å². The Hall–Kier alpha value is -1.14. The molecule has 0 saturated heterocycles. The number of nitrogens with two attached hydrogens (primary N) is 1. The van der Waals surface area contributed by atoms with E-state index in [0.29, 0.717) is 0 Å². The molecule has 6 nitrogen and oxygen atoms in total. The molecule has 0 amide bonds. The van der Waals surface area contributed by atoms with E-state index in [1.807, 2.05) is 0 Å². The lowest BCUT2D eigenvalue weighted by atomic mass is 10.0. The zero-order chi connectivity index (χ0) is 9.78. The summed E-state index contributed by atoms with van der Waals surface area (Å²) >= 11 is 0. The van der Waals surface area contributed by atoms with Gasteiger partial charge in [-0.1, -0.05) is 0 Å². The van der Waals surface area contributed by atoms with Gasteiger partial charge in [0.2, 0.25) is 5.54 Å². The fraction of sp³-hybridized carbons (Fsp3) is 0.667. The highest BCUT2D eigenvalue weighted by Gasteiger charge is 2.44. The van der Waals surface area contributed by atoms with Gasteiger partial charge in [-0.05, 0) is 0 Å². The fourth-order valence-corrected chi connectivity index (χ4v) is 0.577. The van der Waals surface area contributed by atoms with Crippen molar-refractivity contribution in [2.45, 2.75) is 5.54 Å². The maximum Gasteiger partial charge on any atom is 0.340 e. The minimum absolute atomic E-state index is 0.855. The van der Waals surface area contributed by atoms with Crippen molar-refractivity contribution >= 4 is 11.9 Å². The smallest absolute Gasteiger partial charge is 0.340 e. The van der Waals surface area contributed by atoms with Gasteiger partial charge in [-0.2, -0.15) is 0 Å². The second kappa shape index (κ2) is 4.03. The van der Waals surface area contributed by atoms with E-state index >= 15 is 0 Å². The summed E-state index contributed by atoms with van der Waals surface area (Å²) < 4.78 is 8.41. The molecule has 0 aliphatic heterocycles. The first-order valence-electron chi connectivity index (χ1n) is 3.09. The number of ether oxygens (including phenoxy) is 2. The number of carbonyl (C=O) groups excluding carboxylic acids is 2. The third-order valence-electron chi connectivity index (χ3n) is 1.35. The van der Waals surface area contributed by atoms with Gasteiger partial charge in [0.05, 0.1) is 20.8 Å². The number of esters is 2. The van der Waals surface area contributed by atoms with Crippen LogP contribution in [0, 0.1) is 0 Å². The van der Waals surface area contributed by atoms with Crippen molar-refractivity contribution in [2.24, 2.45) is 5.73 Å². The Kier molecular flexibility index (Phi) is 3.65. The average molecular weight is 177 g/mol. The van der Waals surface area contributed by atoms with Gasteiger partial charge in [0, 0.05) is 0 Å². The number of hydrogen-bond acceptors (Lipinski definition) is 6. The molecular weight excluding hydrogens is 166 g/mol. The maximum absolute atomic E-state index is 10.9. The van der Waals surface area contributed by atoms with E-state index in [2.05, 4.69) is 9.47 Å². The Morgan fingerprint density at radius 3 is 1.83 bits per heavy atom. The molecule has 0 bridgehead atoms. The number of rotatable bonds is 3. The van der Waals surface area contributed by atoms with Crippen LogP contribution in [-0.4, -0.2) is 43.4 Å². The van der Waals surface area contributed by atoms with Crippen LogP contribution in [-0.2, 0) is 19.1 Å². The number of carbonyl (C=O) groups is 2. The van der Waals surface area contributed by atoms with Crippen LogP contribution < -0.4 is 5.73 Å². The highest BCUT2D eigenvalue weighted by Crippen LogP contribution is 2.04. The predicted molar refractivity (Wildman–Crippen MR) is 38.0 cm³/mol. The minimum Gasteiger partial charge on any atom is -0.467 e. The van der Waals surface area contributed by atoms with E-state index in [1.54, 1.807) is 0 Å². The second-order valence-electron chi connectivity index (χ2n) is 2.11. The van der Waals surface area contributed by atoms with Crippen LogP contribution in [0.3, 0.4) is 0 Å². The standard InChI is InChI=1S/C6H11NO5/c1-11-4(9)6(7,3-8)5(10)12-2/h8H,3,7H2,1-2H3. The summed E-state index contributed by atoms with van der Waals surface area (Å²) in [4.78, 5) is 21.7. The van der Waals surface area contributed by atoms with Crippen molar-refractivity contribution in [3.63, 3.8) is 0 Å².